The second-order valence-corrected chi connectivity index (χ2v) is 5.17. The first-order valence-electron chi connectivity index (χ1n) is 7.20. The zero-order chi connectivity index (χ0) is 14.4. The maximum absolute atomic E-state index is 5.94. The first kappa shape index (κ1) is 14.9. The van der Waals surface area contributed by atoms with Crippen molar-refractivity contribution in [3.63, 3.8) is 0 Å². The third-order valence-corrected chi connectivity index (χ3v) is 3.89. The molecule has 0 aliphatic heterocycles. The highest BCUT2D eigenvalue weighted by molar-refractivity contribution is 6.17. The molecule has 4 heteroatoms. The molecule has 0 fully saturated rings. The van der Waals surface area contributed by atoms with Crippen molar-refractivity contribution in [2.24, 2.45) is 0 Å². The Morgan fingerprint density at radius 3 is 2.65 bits per heavy atom. The van der Waals surface area contributed by atoms with Gasteiger partial charge in [0, 0.05) is 17.8 Å². The van der Waals surface area contributed by atoms with Gasteiger partial charge in [-0.2, -0.15) is 5.10 Å². The summed E-state index contributed by atoms with van der Waals surface area (Å²) >= 11 is 5.94. The first-order chi connectivity index (χ1) is 9.78. The van der Waals surface area contributed by atoms with Crippen LogP contribution in [0.2, 0.25) is 0 Å². The third-order valence-electron chi connectivity index (χ3n) is 3.60. The van der Waals surface area contributed by atoms with E-state index in [2.05, 4.69) is 47.3 Å². The zero-order valence-electron chi connectivity index (χ0n) is 12.1. The lowest BCUT2D eigenvalue weighted by atomic mass is 10.2. The summed E-state index contributed by atoms with van der Waals surface area (Å²) in [5, 5.41) is 8.05. The third kappa shape index (κ3) is 3.54. The molecule has 0 unspecified atom stereocenters. The van der Waals surface area contributed by atoms with E-state index in [0.29, 0.717) is 11.9 Å². The van der Waals surface area contributed by atoms with E-state index < -0.39 is 0 Å². The van der Waals surface area contributed by atoms with Gasteiger partial charge in [0.25, 0.3) is 0 Å². The Hall–Kier alpha value is -1.48. The Bertz CT molecular complexity index is 532. The fraction of sp³-hybridized carbons (Fsp3) is 0.438. The van der Waals surface area contributed by atoms with Crippen molar-refractivity contribution in [3.05, 3.63) is 47.8 Å². The van der Waals surface area contributed by atoms with E-state index in [1.54, 1.807) is 0 Å². The van der Waals surface area contributed by atoms with Crippen LogP contribution in [0, 0.1) is 0 Å². The highest BCUT2D eigenvalue weighted by atomic mass is 35.5. The molecule has 108 valence electrons. The smallest absolute Gasteiger partial charge is 0.0815 e. The minimum absolute atomic E-state index is 0.499. The lowest BCUT2D eigenvalue weighted by molar-refractivity contribution is 0.426. The normalized spacial score (nSPS) is 11.0. The number of hydrogen-bond donors (Lipinski definition) is 1. The molecule has 3 nitrogen and oxygen atoms in total. The van der Waals surface area contributed by atoms with Crippen LogP contribution in [-0.4, -0.2) is 9.78 Å². The number of alkyl halides is 1. The van der Waals surface area contributed by atoms with Gasteiger partial charge >= 0.3 is 0 Å². The summed E-state index contributed by atoms with van der Waals surface area (Å²) in [5.74, 6) is 0.519. The summed E-state index contributed by atoms with van der Waals surface area (Å²) in [7, 11) is 0. The van der Waals surface area contributed by atoms with Crippen LogP contribution in [0.3, 0.4) is 0 Å². The van der Waals surface area contributed by atoms with Crippen molar-refractivity contribution in [2.75, 3.05) is 5.32 Å². The molecule has 20 heavy (non-hydrogen) atoms. The summed E-state index contributed by atoms with van der Waals surface area (Å²) in [6, 6.07) is 10.7. The molecule has 0 amide bonds. The van der Waals surface area contributed by atoms with E-state index in [0.717, 1.165) is 36.3 Å². The zero-order valence-corrected chi connectivity index (χ0v) is 12.9. The van der Waals surface area contributed by atoms with Crippen LogP contribution in [-0.2, 0) is 12.4 Å². The molecule has 0 aliphatic carbocycles. The predicted molar refractivity (Wildman–Crippen MR) is 85.2 cm³/mol. The highest BCUT2D eigenvalue weighted by Gasteiger charge is 2.08. The Morgan fingerprint density at radius 1 is 1.20 bits per heavy atom. The average Bonchev–Trinajstić information content (AvgIpc) is 2.95. The number of para-hydroxylation sites is 1. The standard InChI is InChI=1S/C16H22ClN3/c1-3-15(4-2)20-10-9-14(19-20)12-18-16-8-6-5-7-13(16)11-17/h5-10,15,18H,3-4,11-12H2,1-2H3. The van der Waals surface area contributed by atoms with Gasteiger partial charge in [-0.15, -0.1) is 11.6 Å². The molecule has 0 saturated heterocycles. The number of anilines is 1. The van der Waals surface area contributed by atoms with Gasteiger partial charge in [-0.05, 0) is 30.5 Å². The monoisotopic (exact) mass is 291 g/mol. The topological polar surface area (TPSA) is 29.9 Å². The van der Waals surface area contributed by atoms with Crippen molar-refractivity contribution in [1.82, 2.24) is 9.78 Å². The summed E-state index contributed by atoms with van der Waals surface area (Å²) in [5.41, 5.74) is 3.26. The van der Waals surface area contributed by atoms with E-state index in [-0.39, 0.29) is 0 Å². The summed E-state index contributed by atoms with van der Waals surface area (Å²) in [4.78, 5) is 0. The van der Waals surface area contributed by atoms with Crippen molar-refractivity contribution < 1.29 is 0 Å². The SMILES string of the molecule is CCC(CC)n1ccc(CNc2ccccc2CCl)n1. The first-order valence-corrected chi connectivity index (χ1v) is 7.73. The Labute approximate surface area is 126 Å². The van der Waals surface area contributed by atoms with Crippen LogP contribution < -0.4 is 5.32 Å². The lowest BCUT2D eigenvalue weighted by Crippen LogP contribution is -2.09. The molecular formula is C16H22ClN3. The molecular weight excluding hydrogens is 270 g/mol. The molecule has 2 aromatic rings. The molecule has 1 aromatic heterocycles. The number of nitrogens with one attached hydrogen (secondary N) is 1. The summed E-state index contributed by atoms with van der Waals surface area (Å²) in [6.07, 6.45) is 4.29. The van der Waals surface area contributed by atoms with Gasteiger partial charge < -0.3 is 5.32 Å². The van der Waals surface area contributed by atoms with Crippen LogP contribution in [0.25, 0.3) is 0 Å². The quantitative estimate of drug-likeness (QED) is 0.756. The van der Waals surface area contributed by atoms with Gasteiger partial charge in [-0.1, -0.05) is 32.0 Å². The van der Waals surface area contributed by atoms with Crippen LogP contribution in [0.4, 0.5) is 5.69 Å². The second kappa shape index (κ2) is 7.34. The molecule has 1 aromatic carbocycles. The van der Waals surface area contributed by atoms with Gasteiger partial charge in [0.2, 0.25) is 0 Å². The van der Waals surface area contributed by atoms with E-state index >= 15 is 0 Å². The number of halogens is 1. The number of aromatic nitrogens is 2. The molecule has 1 heterocycles. The van der Waals surface area contributed by atoms with Crippen LogP contribution in [0.15, 0.2) is 36.5 Å². The van der Waals surface area contributed by atoms with Crippen LogP contribution in [0.5, 0.6) is 0 Å². The fourth-order valence-electron chi connectivity index (χ4n) is 2.33. The number of nitrogens with zero attached hydrogens (tertiary/aromatic N) is 2. The largest absolute Gasteiger partial charge is 0.379 e. The molecule has 0 radical (unpaired) electrons. The number of rotatable bonds is 7. The highest BCUT2D eigenvalue weighted by Crippen LogP contribution is 2.18. The summed E-state index contributed by atoms with van der Waals surface area (Å²) in [6.45, 7) is 5.12. The Balaban J connectivity index is 2.01. The summed E-state index contributed by atoms with van der Waals surface area (Å²) < 4.78 is 2.07. The maximum Gasteiger partial charge on any atom is 0.0815 e. The number of hydrogen-bond acceptors (Lipinski definition) is 2. The molecule has 2 rings (SSSR count). The van der Waals surface area contributed by atoms with Crippen molar-refractivity contribution in [2.45, 2.75) is 45.2 Å². The van der Waals surface area contributed by atoms with Gasteiger partial charge in [0.15, 0.2) is 0 Å². The van der Waals surface area contributed by atoms with Crippen molar-refractivity contribution >= 4 is 17.3 Å². The maximum atomic E-state index is 5.94. The Kier molecular flexibility index (Phi) is 5.48. The second-order valence-electron chi connectivity index (χ2n) is 4.90. The van der Waals surface area contributed by atoms with E-state index in [1.807, 2.05) is 18.2 Å². The van der Waals surface area contributed by atoms with Gasteiger partial charge in [0.05, 0.1) is 18.3 Å². The van der Waals surface area contributed by atoms with Gasteiger partial charge in [-0.3, -0.25) is 4.68 Å². The molecule has 0 saturated carbocycles. The molecule has 0 atom stereocenters. The van der Waals surface area contributed by atoms with E-state index in [4.69, 9.17) is 11.6 Å². The molecule has 0 bridgehead atoms. The molecule has 0 aliphatic rings. The van der Waals surface area contributed by atoms with Crippen LogP contribution in [0.1, 0.15) is 44.0 Å². The van der Waals surface area contributed by atoms with Crippen molar-refractivity contribution in [3.8, 4) is 0 Å². The number of benzene rings is 1. The predicted octanol–water partition coefficient (Wildman–Crippen LogP) is 4.60. The van der Waals surface area contributed by atoms with Crippen molar-refractivity contribution in [1.29, 1.82) is 0 Å². The fourth-order valence-corrected chi connectivity index (χ4v) is 2.57. The molecule has 0 spiro atoms. The Morgan fingerprint density at radius 2 is 1.95 bits per heavy atom. The van der Waals surface area contributed by atoms with Gasteiger partial charge in [-0.25, -0.2) is 0 Å². The lowest BCUT2D eigenvalue weighted by Gasteiger charge is -2.12. The minimum Gasteiger partial charge on any atom is -0.379 e. The average molecular weight is 292 g/mol. The molecule has 1 N–H and O–H groups in total. The van der Waals surface area contributed by atoms with Gasteiger partial charge in [0.1, 0.15) is 0 Å². The minimum atomic E-state index is 0.499. The van der Waals surface area contributed by atoms with E-state index in [1.165, 1.54) is 0 Å². The van der Waals surface area contributed by atoms with E-state index in [9.17, 15) is 0 Å². The van der Waals surface area contributed by atoms with Crippen LogP contribution >= 0.6 is 11.6 Å².